The molecule has 2 heterocycles. The third-order valence-corrected chi connectivity index (χ3v) is 5.43. The number of aromatic amines is 1. The van der Waals surface area contributed by atoms with Gasteiger partial charge in [-0.3, -0.25) is 0 Å². The van der Waals surface area contributed by atoms with Crippen LogP contribution >= 0.6 is 0 Å². The van der Waals surface area contributed by atoms with Gasteiger partial charge in [0, 0.05) is 34.6 Å². The molecule has 2 nitrogen and oxygen atoms in total. The van der Waals surface area contributed by atoms with Crippen molar-refractivity contribution in [3.05, 3.63) is 35.5 Å². The third kappa shape index (κ3) is 1.74. The molecule has 2 heteroatoms. The Morgan fingerprint density at radius 1 is 1.20 bits per heavy atom. The van der Waals surface area contributed by atoms with Gasteiger partial charge in [-0.05, 0) is 43.2 Å². The molecule has 0 saturated heterocycles. The topological polar surface area (TPSA) is 27.8 Å². The number of hydrogen-bond donors (Lipinski definition) is 2. The van der Waals surface area contributed by atoms with Gasteiger partial charge in [-0.1, -0.05) is 32.0 Å². The van der Waals surface area contributed by atoms with E-state index >= 15 is 0 Å². The van der Waals surface area contributed by atoms with E-state index in [1.54, 1.807) is 5.56 Å². The number of hydrogen-bond acceptors (Lipinski definition) is 1. The highest BCUT2D eigenvalue weighted by atomic mass is 15.0. The molecule has 106 valence electrons. The zero-order valence-corrected chi connectivity index (χ0v) is 12.7. The Balaban J connectivity index is 1.86. The highest BCUT2D eigenvalue weighted by Gasteiger charge is 2.41. The van der Waals surface area contributed by atoms with Crippen LogP contribution in [0.25, 0.3) is 10.9 Å². The molecule has 1 aromatic carbocycles. The summed E-state index contributed by atoms with van der Waals surface area (Å²) in [5, 5.41) is 5.31. The molecule has 3 atom stereocenters. The van der Waals surface area contributed by atoms with Gasteiger partial charge in [0.05, 0.1) is 0 Å². The molecule has 1 saturated carbocycles. The molecular formula is C18H24N2. The predicted molar refractivity (Wildman–Crippen MR) is 84.0 cm³/mol. The third-order valence-electron chi connectivity index (χ3n) is 5.43. The van der Waals surface area contributed by atoms with Crippen LogP contribution in [0, 0.1) is 5.41 Å². The van der Waals surface area contributed by atoms with Gasteiger partial charge in [-0.2, -0.15) is 0 Å². The fraction of sp³-hybridized carbons (Fsp3) is 0.556. The first-order valence-electron chi connectivity index (χ1n) is 7.92. The smallest absolute Gasteiger partial charge is 0.0459 e. The van der Waals surface area contributed by atoms with Crippen LogP contribution in [0.1, 0.15) is 63.3 Å². The van der Waals surface area contributed by atoms with Gasteiger partial charge in [-0.15, -0.1) is 0 Å². The van der Waals surface area contributed by atoms with Crippen molar-refractivity contribution < 1.29 is 0 Å². The second-order valence-corrected chi connectivity index (χ2v) is 7.51. The van der Waals surface area contributed by atoms with Gasteiger partial charge < -0.3 is 10.3 Å². The number of nitrogens with one attached hydrogen (secondary N) is 2. The number of rotatable bonds is 0. The minimum atomic E-state index is 0.438. The summed E-state index contributed by atoms with van der Waals surface area (Å²) >= 11 is 0. The summed E-state index contributed by atoms with van der Waals surface area (Å²) in [5.41, 5.74) is 4.81. The van der Waals surface area contributed by atoms with Crippen molar-refractivity contribution in [2.75, 3.05) is 0 Å². The summed E-state index contributed by atoms with van der Waals surface area (Å²) in [6, 6.07) is 9.88. The van der Waals surface area contributed by atoms with Gasteiger partial charge in [0.15, 0.2) is 0 Å². The van der Waals surface area contributed by atoms with E-state index in [9.17, 15) is 0 Å². The first kappa shape index (κ1) is 12.5. The summed E-state index contributed by atoms with van der Waals surface area (Å²) in [4.78, 5) is 3.66. The molecule has 0 radical (unpaired) electrons. The average molecular weight is 268 g/mol. The molecule has 0 unspecified atom stereocenters. The highest BCUT2D eigenvalue weighted by molar-refractivity contribution is 5.85. The number of fused-ring (bicyclic) bond motifs is 5. The SMILES string of the molecule is C[C@@H]1N[C@@H]2CC(C)(C)CC[C@H]2c2c1[nH]c1ccccc21. The standard InChI is InChI=1S/C18H24N2/c1-11-17-16(12-6-4-5-7-14(12)20-17)13-8-9-18(2,3)10-15(13)19-11/h4-7,11,13,15,19-20H,8-10H2,1-3H3/t11-,13+,15+/m0/s1. The Morgan fingerprint density at radius 2 is 2.00 bits per heavy atom. The molecule has 1 aliphatic carbocycles. The Kier molecular flexibility index (Phi) is 2.56. The molecule has 2 aromatic rings. The van der Waals surface area contributed by atoms with E-state index in [0.717, 1.165) is 0 Å². The molecule has 2 N–H and O–H groups in total. The maximum atomic E-state index is 3.86. The van der Waals surface area contributed by atoms with Gasteiger partial charge in [0.2, 0.25) is 0 Å². The Labute approximate surface area is 121 Å². The predicted octanol–water partition coefficient (Wildman–Crippen LogP) is 4.49. The molecule has 1 aliphatic heterocycles. The summed E-state index contributed by atoms with van der Waals surface area (Å²) in [6.07, 6.45) is 3.94. The van der Waals surface area contributed by atoms with Crippen LogP contribution < -0.4 is 5.32 Å². The van der Waals surface area contributed by atoms with E-state index in [4.69, 9.17) is 0 Å². The molecule has 4 rings (SSSR count). The van der Waals surface area contributed by atoms with Gasteiger partial charge in [-0.25, -0.2) is 0 Å². The number of para-hydroxylation sites is 1. The Hall–Kier alpha value is -1.28. The lowest BCUT2D eigenvalue weighted by atomic mass is 9.66. The zero-order valence-electron chi connectivity index (χ0n) is 12.7. The van der Waals surface area contributed by atoms with Crippen molar-refractivity contribution in [3.8, 4) is 0 Å². The van der Waals surface area contributed by atoms with Crippen molar-refractivity contribution >= 4 is 10.9 Å². The van der Waals surface area contributed by atoms with Gasteiger partial charge >= 0.3 is 0 Å². The molecular weight excluding hydrogens is 244 g/mol. The van der Waals surface area contributed by atoms with Crippen molar-refractivity contribution in [2.24, 2.45) is 5.41 Å². The summed E-state index contributed by atoms with van der Waals surface area (Å²) in [6.45, 7) is 7.13. The quantitative estimate of drug-likeness (QED) is 0.723. The van der Waals surface area contributed by atoms with Crippen LogP contribution in [0.15, 0.2) is 24.3 Å². The van der Waals surface area contributed by atoms with E-state index in [-0.39, 0.29) is 0 Å². The van der Waals surface area contributed by atoms with Gasteiger partial charge in [0.1, 0.15) is 0 Å². The summed E-state index contributed by atoms with van der Waals surface area (Å²) < 4.78 is 0. The van der Waals surface area contributed by atoms with Crippen molar-refractivity contribution in [1.29, 1.82) is 0 Å². The van der Waals surface area contributed by atoms with E-state index in [2.05, 4.69) is 55.3 Å². The summed E-state index contributed by atoms with van der Waals surface area (Å²) in [7, 11) is 0. The fourth-order valence-corrected chi connectivity index (χ4v) is 4.44. The monoisotopic (exact) mass is 268 g/mol. The van der Waals surface area contributed by atoms with E-state index < -0.39 is 0 Å². The summed E-state index contributed by atoms with van der Waals surface area (Å²) in [5.74, 6) is 0.686. The number of H-pyrrole nitrogens is 1. The Morgan fingerprint density at radius 3 is 2.85 bits per heavy atom. The molecule has 2 aliphatic rings. The molecule has 0 amide bonds. The number of aromatic nitrogens is 1. The lowest BCUT2D eigenvalue weighted by molar-refractivity contribution is 0.159. The van der Waals surface area contributed by atoms with Crippen LogP contribution in [0.4, 0.5) is 0 Å². The van der Waals surface area contributed by atoms with E-state index in [1.807, 2.05) is 0 Å². The van der Waals surface area contributed by atoms with Crippen LogP contribution in [0.3, 0.4) is 0 Å². The normalized spacial score (nSPS) is 31.9. The van der Waals surface area contributed by atoms with Crippen molar-refractivity contribution in [3.63, 3.8) is 0 Å². The minimum absolute atomic E-state index is 0.438. The van der Waals surface area contributed by atoms with Crippen LogP contribution in [0.2, 0.25) is 0 Å². The van der Waals surface area contributed by atoms with Gasteiger partial charge in [0.25, 0.3) is 0 Å². The van der Waals surface area contributed by atoms with E-state index in [0.29, 0.717) is 23.4 Å². The zero-order chi connectivity index (χ0) is 13.9. The minimum Gasteiger partial charge on any atom is -0.357 e. The van der Waals surface area contributed by atoms with Crippen LogP contribution in [0.5, 0.6) is 0 Å². The van der Waals surface area contributed by atoms with E-state index in [1.165, 1.54) is 35.9 Å². The maximum absolute atomic E-state index is 3.86. The molecule has 0 bridgehead atoms. The van der Waals surface area contributed by atoms with Crippen LogP contribution in [-0.4, -0.2) is 11.0 Å². The van der Waals surface area contributed by atoms with Crippen molar-refractivity contribution in [1.82, 2.24) is 10.3 Å². The highest BCUT2D eigenvalue weighted by Crippen LogP contribution is 2.49. The fourth-order valence-electron chi connectivity index (χ4n) is 4.44. The first-order chi connectivity index (χ1) is 9.55. The second kappa shape index (κ2) is 4.11. The first-order valence-corrected chi connectivity index (χ1v) is 7.92. The van der Waals surface area contributed by atoms with Crippen LogP contribution in [-0.2, 0) is 0 Å². The lowest BCUT2D eigenvalue weighted by Crippen LogP contribution is -2.46. The largest absolute Gasteiger partial charge is 0.357 e. The Bertz CT molecular complexity index is 652. The second-order valence-electron chi connectivity index (χ2n) is 7.51. The molecule has 1 fully saturated rings. The molecule has 1 aromatic heterocycles. The average Bonchev–Trinajstić information content (AvgIpc) is 2.78. The maximum Gasteiger partial charge on any atom is 0.0459 e. The lowest BCUT2D eigenvalue weighted by Gasteiger charge is -2.45. The molecule has 20 heavy (non-hydrogen) atoms. The molecule has 0 spiro atoms. The van der Waals surface area contributed by atoms with Crippen molar-refractivity contribution in [2.45, 2.75) is 58.0 Å². The number of benzene rings is 1.